The predicted octanol–water partition coefficient (Wildman–Crippen LogP) is 0.706. The smallest absolute Gasteiger partial charge is 0.232 e. The molecule has 2 unspecified atom stereocenters. The van der Waals surface area contributed by atoms with E-state index in [2.05, 4.69) is 17.0 Å². The van der Waals surface area contributed by atoms with Crippen molar-refractivity contribution in [3.8, 4) is 0 Å². The first kappa shape index (κ1) is 14.1. The Balaban J connectivity index is 2.30. The van der Waals surface area contributed by atoms with E-state index in [9.17, 15) is 10.1 Å². The zero-order valence-electron chi connectivity index (χ0n) is 9.59. The lowest BCUT2D eigenvalue weighted by molar-refractivity contribution is -0.487. The molecule has 0 amide bonds. The molecule has 1 aliphatic heterocycles. The Morgan fingerprint density at radius 2 is 2.47 bits per heavy atom. The third-order valence-corrected chi connectivity index (χ3v) is 2.89. The molecule has 7 heteroatoms. The Labute approximate surface area is 105 Å². The maximum Gasteiger partial charge on any atom is 0.232 e. The normalized spacial score (nSPS) is 23.0. The van der Waals surface area contributed by atoms with E-state index in [-0.39, 0.29) is 23.1 Å². The second kappa shape index (κ2) is 7.37. The summed E-state index contributed by atoms with van der Waals surface area (Å²) in [4.78, 5) is 15.8. The molecule has 1 fully saturated rings. The van der Waals surface area contributed by atoms with Crippen molar-refractivity contribution in [2.45, 2.75) is 18.1 Å². The highest BCUT2D eigenvalue weighted by atomic mass is 35.5. The molecule has 0 radical (unpaired) electrons. The van der Waals surface area contributed by atoms with Crippen molar-refractivity contribution in [3.63, 3.8) is 0 Å². The van der Waals surface area contributed by atoms with Crippen LogP contribution in [0.5, 0.6) is 0 Å². The molecule has 0 aromatic rings. The third-order valence-electron chi connectivity index (χ3n) is 2.58. The summed E-state index contributed by atoms with van der Waals surface area (Å²) in [6.07, 6.45) is 4.35. The van der Waals surface area contributed by atoms with Crippen LogP contribution in [-0.2, 0) is 0 Å². The quantitative estimate of drug-likeness (QED) is 0.183. The highest BCUT2D eigenvalue weighted by molar-refractivity contribution is 6.20. The molecule has 96 valence electrons. The number of nitrogens with zero attached hydrogens (tertiary/aromatic N) is 3. The Hall–Kier alpha value is -0.980. The number of aliphatic imine (C=N–C) groups is 1. The Morgan fingerprint density at radius 3 is 3.12 bits per heavy atom. The number of rotatable bonds is 7. The lowest BCUT2D eigenvalue weighted by Crippen LogP contribution is -2.41. The summed E-state index contributed by atoms with van der Waals surface area (Å²) < 4.78 is 0. The molecule has 0 aliphatic carbocycles. The average molecular weight is 261 g/mol. The predicted molar refractivity (Wildman–Crippen MR) is 68.2 cm³/mol. The van der Waals surface area contributed by atoms with Crippen molar-refractivity contribution in [3.05, 3.63) is 22.3 Å². The fourth-order valence-corrected chi connectivity index (χ4v) is 1.80. The molecule has 1 aliphatic rings. The largest absolute Gasteiger partial charge is 0.295 e. The van der Waals surface area contributed by atoms with Crippen LogP contribution < -0.4 is 5.32 Å². The van der Waals surface area contributed by atoms with Crippen LogP contribution in [0.15, 0.2) is 17.1 Å². The zero-order valence-corrected chi connectivity index (χ0v) is 10.3. The minimum absolute atomic E-state index is 0.0693. The fraction of sp³-hybridized carbons (Fsp3) is 0.700. The molecule has 6 nitrogen and oxygen atoms in total. The standard InChI is InChI=1S/C10H17ClN4O2/c1-12-9(11)4-2-3-6-14-7-5-13-10(14)8-15(16)17/h2-3,9-10,13H,1,4-8H2/b3-2+. The second-order valence-corrected chi connectivity index (χ2v) is 4.31. The molecule has 0 aromatic heterocycles. The van der Waals surface area contributed by atoms with Gasteiger partial charge in [0.1, 0.15) is 11.7 Å². The highest BCUT2D eigenvalue weighted by Gasteiger charge is 2.26. The van der Waals surface area contributed by atoms with Crippen molar-refractivity contribution >= 4 is 18.3 Å². The Bertz CT molecular complexity index is 298. The molecule has 1 rings (SSSR count). The molecule has 0 bridgehead atoms. The van der Waals surface area contributed by atoms with Gasteiger partial charge in [-0.2, -0.15) is 0 Å². The van der Waals surface area contributed by atoms with Crippen molar-refractivity contribution in [1.82, 2.24) is 10.2 Å². The van der Waals surface area contributed by atoms with Crippen LogP contribution in [-0.4, -0.2) is 54.4 Å². The summed E-state index contributed by atoms with van der Waals surface area (Å²) in [6.45, 7) is 5.58. The number of hydrogen-bond donors (Lipinski definition) is 1. The minimum atomic E-state index is -0.296. The van der Waals surface area contributed by atoms with Crippen LogP contribution in [0, 0.1) is 10.1 Å². The van der Waals surface area contributed by atoms with Gasteiger partial charge in [0, 0.05) is 31.0 Å². The first-order valence-corrected chi connectivity index (χ1v) is 5.91. The molecular weight excluding hydrogens is 244 g/mol. The van der Waals surface area contributed by atoms with Crippen LogP contribution in [0.1, 0.15) is 6.42 Å². The topological polar surface area (TPSA) is 70.8 Å². The summed E-state index contributed by atoms with van der Waals surface area (Å²) in [5.41, 5.74) is -0.294. The van der Waals surface area contributed by atoms with E-state index in [0.717, 1.165) is 13.1 Å². The summed E-state index contributed by atoms with van der Waals surface area (Å²) in [7, 11) is 0. The maximum atomic E-state index is 10.4. The van der Waals surface area contributed by atoms with E-state index >= 15 is 0 Å². The average Bonchev–Trinajstić information content (AvgIpc) is 2.70. The Morgan fingerprint density at radius 1 is 1.71 bits per heavy atom. The van der Waals surface area contributed by atoms with E-state index < -0.39 is 0 Å². The second-order valence-electron chi connectivity index (χ2n) is 3.80. The molecule has 0 spiro atoms. The Kier molecular flexibility index (Phi) is 6.10. The van der Waals surface area contributed by atoms with Gasteiger partial charge in [-0.05, 0) is 6.72 Å². The third kappa shape index (κ3) is 5.25. The van der Waals surface area contributed by atoms with Gasteiger partial charge in [0.15, 0.2) is 0 Å². The lowest BCUT2D eigenvalue weighted by Gasteiger charge is -2.18. The number of halogens is 1. The number of alkyl halides is 1. The molecule has 1 saturated heterocycles. The minimum Gasteiger partial charge on any atom is -0.295 e. The van der Waals surface area contributed by atoms with Crippen molar-refractivity contribution in [2.24, 2.45) is 4.99 Å². The van der Waals surface area contributed by atoms with Gasteiger partial charge in [0.2, 0.25) is 6.54 Å². The molecule has 0 saturated carbocycles. The maximum absolute atomic E-state index is 10.4. The van der Waals surface area contributed by atoms with Crippen molar-refractivity contribution < 1.29 is 4.92 Å². The summed E-state index contributed by atoms with van der Waals surface area (Å²) in [5.74, 6) is 0. The van der Waals surface area contributed by atoms with E-state index in [4.69, 9.17) is 11.6 Å². The van der Waals surface area contributed by atoms with Gasteiger partial charge in [-0.25, -0.2) is 0 Å². The SMILES string of the molecule is C=NC(Cl)C/C=C/CN1CCNC1C[N+](=O)[O-]. The van der Waals surface area contributed by atoms with Gasteiger partial charge in [-0.1, -0.05) is 23.8 Å². The van der Waals surface area contributed by atoms with Crippen LogP contribution in [0.4, 0.5) is 0 Å². The van der Waals surface area contributed by atoms with Gasteiger partial charge in [-0.15, -0.1) is 0 Å². The number of nitrogens with one attached hydrogen (secondary N) is 1. The van der Waals surface area contributed by atoms with Crippen LogP contribution in [0.25, 0.3) is 0 Å². The summed E-state index contributed by atoms with van der Waals surface area (Å²) in [6, 6.07) is 0. The van der Waals surface area contributed by atoms with Gasteiger partial charge >= 0.3 is 0 Å². The summed E-state index contributed by atoms with van der Waals surface area (Å²) >= 11 is 5.76. The molecule has 1 heterocycles. The van der Waals surface area contributed by atoms with Crippen LogP contribution in [0.2, 0.25) is 0 Å². The lowest BCUT2D eigenvalue weighted by atomic mass is 10.3. The van der Waals surface area contributed by atoms with E-state index in [1.54, 1.807) is 0 Å². The van der Waals surface area contributed by atoms with Gasteiger partial charge in [-0.3, -0.25) is 25.3 Å². The van der Waals surface area contributed by atoms with Gasteiger partial charge in [0.25, 0.3) is 0 Å². The molecule has 2 atom stereocenters. The first-order valence-electron chi connectivity index (χ1n) is 5.47. The molecule has 1 N–H and O–H groups in total. The van der Waals surface area contributed by atoms with Gasteiger partial charge in [0.05, 0.1) is 0 Å². The van der Waals surface area contributed by atoms with Gasteiger partial charge < -0.3 is 0 Å². The van der Waals surface area contributed by atoms with E-state index in [1.165, 1.54) is 0 Å². The van der Waals surface area contributed by atoms with Crippen LogP contribution >= 0.6 is 11.6 Å². The van der Waals surface area contributed by atoms with E-state index in [0.29, 0.717) is 13.0 Å². The number of hydrogen-bond acceptors (Lipinski definition) is 5. The van der Waals surface area contributed by atoms with Crippen LogP contribution in [0.3, 0.4) is 0 Å². The zero-order chi connectivity index (χ0) is 12.7. The monoisotopic (exact) mass is 260 g/mol. The molecule has 0 aromatic carbocycles. The fourth-order valence-electron chi connectivity index (χ4n) is 1.69. The highest BCUT2D eigenvalue weighted by Crippen LogP contribution is 2.06. The molecular formula is C10H17ClN4O2. The number of nitro groups is 1. The van der Waals surface area contributed by atoms with Crippen molar-refractivity contribution in [1.29, 1.82) is 0 Å². The molecule has 17 heavy (non-hydrogen) atoms. The first-order chi connectivity index (χ1) is 8.13. The van der Waals surface area contributed by atoms with E-state index in [1.807, 2.05) is 17.1 Å². The van der Waals surface area contributed by atoms with Crippen molar-refractivity contribution in [2.75, 3.05) is 26.2 Å². The summed E-state index contributed by atoms with van der Waals surface area (Å²) in [5, 5.41) is 13.5.